The molecule has 116 valence electrons. The molecule has 0 radical (unpaired) electrons. The zero-order valence-electron chi connectivity index (χ0n) is 12.2. The highest BCUT2D eigenvalue weighted by Crippen LogP contribution is 2.09. The Hall–Kier alpha value is -2.18. The van der Waals surface area contributed by atoms with E-state index in [4.69, 9.17) is 9.47 Å². The summed E-state index contributed by atoms with van der Waals surface area (Å²) in [4.78, 5) is 15.1. The summed E-state index contributed by atoms with van der Waals surface area (Å²) in [5.74, 6) is -0.330. The van der Waals surface area contributed by atoms with Crippen LogP contribution < -0.4 is 10.1 Å². The van der Waals surface area contributed by atoms with Crippen molar-refractivity contribution in [3.63, 3.8) is 0 Å². The first-order valence-electron chi connectivity index (χ1n) is 6.29. The van der Waals surface area contributed by atoms with Crippen molar-refractivity contribution in [3.05, 3.63) is 36.0 Å². The second-order valence-electron chi connectivity index (χ2n) is 5.23. The Balaban J connectivity index is 2.39. The lowest BCUT2D eigenvalue weighted by atomic mass is 10.2. The second kappa shape index (κ2) is 7.56. The SMILES string of the molecule is CC(C)(C)OC(=O)NC/C(=C/F)COc1ccc(F)cn1. The van der Waals surface area contributed by atoms with Crippen molar-refractivity contribution in [1.82, 2.24) is 10.3 Å². The van der Waals surface area contributed by atoms with E-state index in [0.29, 0.717) is 6.33 Å². The molecule has 0 aliphatic carbocycles. The number of pyridine rings is 1. The number of hydrogen-bond donors (Lipinski definition) is 1. The number of amides is 1. The number of aromatic nitrogens is 1. The molecule has 7 heteroatoms. The molecule has 0 bridgehead atoms. The van der Waals surface area contributed by atoms with Crippen LogP contribution in [0.1, 0.15) is 20.8 Å². The van der Waals surface area contributed by atoms with Gasteiger partial charge in [-0.1, -0.05) is 0 Å². The number of rotatable bonds is 5. The Morgan fingerprint density at radius 3 is 2.67 bits per heavy atom. The molecule has 1 amide bonds. The minimum Gasteiger partial charge on any atom is -0.473 e. The molecule has 0 fully saturated rings. The molecule has 1 aromatic heterocycles. The number of nitrogens with one attached hydrogen (secondary N) is 1. The van der Waals surface area contributed by atoms with Crippen LogP contribution >= 0.6 is 0 Å². The van der Waals surface area contributed by atoms with Gasteiger partial charge < -0.3 is 14.8 Å². The van der Waals surface area contributed by atoms with Crippen LogP contribution in [0.25, 0.3) is 0 Å². The van der Waals surface area contributed by atoms with E-state index in [-0.39, 0.29) is 24.6 Å². The van der Waals surface area contributed by atoms with Crippen molar-refractivity contribution >= 4 is 6.09 Å². The maximum Gasteiger partial charge on any atom is 0.407 e. The van der Waals surface area contributed by atoms with Crippen LogP contribution in [0.4, 0.5) is 13.6 Å². The normalized spacial score (nSPS) is 12.0. The van der Waals surface area contributed by atoms with Crippen molar-refractivity contribution < 1.29 is 23.0 Å². The summed E-state index contributed by atoms with van der Waals surface area (Å²) >= 11 is 0. The first-order chi connectivity index (χ1) is 9.80. The van der Waals surface area contributed by atoms with E-state index in [9.17, 15) is 13.6 Å². The molecule has 1 rings (SSSR count). The van der Waals surface area contributed by atoms with Crippen molar-refractivity contribution in [2.75, 3.05) is 13.2 Å². The molecule has 0 aromatic carbocycles. The predicted octanol–water partition coefficient (Wildman–Crippen LogP) is 2.98. The second-order valence-corrected chi connectivity index (χ2v) is 5.23. The van der Waals surface area contributed by atoms with E-state index < -0.39 is 17.5 Å². The summed E-state index contributed by atoms with van der Waals surface area (Å²) < 4.78 is 35.5. The highest BCUT2D eigenvalue weighted by atomic mass is 19.1. The quantitative estimate of drug-likeness (QED) is 0.908. The fraction of sp³-hybridized carbons (Fsp3) is 0.429. The standard InChI is InChI=1S/C14H18F2N2O3/c1-14(2,3)21-13(19)18-7-10(6-15)9-20-12-5-4-11(16)8-17-12/h4-6,8H,7,9H2,1-3H3,(H,18,19)/b10-6-. The first kappa shape index (κ1) is 16.9. The lowest BCUT2D eigenvalue weighted by Crippen LogP contribution is -2.34. The van der Waals surface area contributed by atoms with Gasteiger partial charge in [0.05, 0.1) is 12.5 Å². The average molecular weight is 300 g/mol. The van der Waals surface area contributed by atoms with Crippen molar-refractivity contribution in [2.45, 2.75) is 26.4 Å². The summed E-state index contributed by atoms with van der Waals surface area (Å²) in [6, 6.07) is 2.51. The van der Waals surface area contributed by atoms with Gasteiger partial charge >= 0.3 is 6.09 Å². The predicted molar refractivity (Wildman–Crippen MR) is 73.1 cm³/mol. The fourth-order valence-electron chi connectivity index (χ4n) is 1.24. The van der Waals surface area contributed by atoms with Crippen LogP contribution in [-0.4, -0.2) is 29.8 Å². The average Bonchev–Trinajstić information content (AvgIpc) is 2.39. The Morgan fingerprint density at radius 1 is 1.43 bits per heavy atom. The summed E-state index contributed by atoms with van der Waals surface area (Å²) in [7, 11) is 0. The van der Waals surface area contributed by atoms with Crippen LogP contribution in [0.3, 0.4) is 0 Å². The minimum absolute atomic E-state index is 0.0629. The maximum atomic E-state index is 12.7. The first-order valence-corrected chi connectivity index (χ1v) is 6.29. The number of nitrogens with zero attached hydrogens (tertiary/aromatic N) is 1. The van der Waals surface area contributed by atoms with E-state index in [1.165, 1.54) is 12.1 Å². The van der Waals surface area contributed by atoms with E-state index in [2.05, 4.69) is 10.3 Å². The van der Waals surface area contributed by atoms with Crippen LogP contribution in [0.15, 0.2) is 30.2 Å². The van der Waals surface area contributed by atoms with Crippen molar-refractivity contribution in [3.8, 4) is 5.88 Å². The lowest BCUT2D eigenvalue weighted by molar-refractivity contribution is 0.0531. The van der Waals surface area contributed by atoms with Crippen molar-refractivity contribution in [1.29, 1.82) is 0 Å². The highest BCUT2D eigenvalue weighted by molar-refractivity contribution is 5.68. The third-order valence-corrected chi connectivity index (χ3v) is 2.12. The number of carbonyl (C=O) groups excluding carboxylic acids is 1. The monoisotopic (exact) mass is 300 g/mol. The molecule has 1 heterocycles. The fourth-order valence-corrected chi connectivity index (χ4v) is 1.24. The Kier molecular flexibility index (Phi) is 6.08. The summed E-state index contributed by atoms with van der Waals surface area (Å²) in [6.07, 6.45) is 0.676. The largest absolute Gasteiger partial charge is 0.473 e. The Labute approximate surface area is 122 Å². The zero-order valence-corrected chi connectivity index (χ0v) is 12.2. The number of hydrogen-bond acceptors (Lipinski definition) is 4. The molecule has 0 aliphatic rings. The molecule has 0 aliphatic heterocycles. The third kappa shape index (κ3) is 7.24. The molecule has 0 saturated heterocycles. The van der Waals surface area contributed by atoms with E-state index in [1.54, 1.807) is 20.8 Å². The van der Waals surface area contributed by atoms with Gasteiger partial charge in [-0.3, -0.25) is 0 Å². The molecule has 1 aromatic rings. The number of ether oxygens (including phenoxy) is 2. The van der Waals surface area contributed by atoms with E-state index >= 15 is 0 Å². The molecular weight excluding hydrogens is 282 g/mol. The van der Waals surface area contributed by atoms with Gasteiger partial charge in [-0.2, -0.15) is 0 Å². The maximum absolute atomic E-state index is 12.7. The van der Waals surface area contributed by atoms with E-state index in [0.717, 1.165) is 6.20 Å². The number of carbonyl (C=O) groups is 1. The van der Waals surface area contributed by atoms with Gasteiger partial charge in [0, 0.05) is 18.2 Å². The summed E-state index contributed by atoms with van der Waals surface area (Å²) in [5.41, 5.74) is -0.440. The topological polar surface area (TPSA) is 60.5 Å². The zero-order chi connectivity index (χ0) is 15.9. The van der Waals surface area contributed by atoms with Gasteiger partial charge in [0.2, 0.25) is 5.88 Å². The lowest BCUT2D eigenvalue weighted by Gasteiger charge is -2.20. The number of alkyl carbamates (subject to hydrolysis) is 1. The van der Waals surface area contributed by atoms with Crippen LogP contribution in [0.5, 0.6) is 5.88 Å². The van der Waals surface area contributed by atoms with Crippen LogP contribution in [0, 0.1) is 5.82 Å². The highest BCUT2D eigenvalue weighted by Gasteiger charge is 2.16. The van der Waals surface area contributed by atoms with Gasteiger partial charge in [0.15, 0.2) is 0 Å². The minimum atomic E-state index is -0.651. The molecule has 0 spiro atoms. The molecule has 0 saturated carbocycles. The van der Waals surface area contributed by atoms with Gasteiger partial charge in [-0.05, 0) is 26.8 Å². The molecule has 1 N–H and O–H groups in total. The summed E-state index contributed by atoms with van der Waals surface area (Å²) in [6.45, 7) is 4.99. The molecule has 5 nitrogen and oxygen atoms in total. The van der Waals surface area contributed by atoms with Crippen LogP contribution in [-0.2, 0) is 4.74 Å². The Bertz CT molecular complexity index is 496. The smallest absolute Gasteiger partial charge is 0.407 e. The molecule has 0 atom stereocenters. The summed E-state index contributed by atoms with van der Waals surface area (Å²) in [5, 5.41) is 2.41. The molecular formula is C14H18F2N2O3. The van der Waals surface area contributed by atoms with Gasteiger partial charge in [0.25, 0.3) is 0 Å². The molecule has 0 unspecified atom stereocenters. The van der Waals surface area contributed by atoms with Crippen molar-refractivity contribution in [2.24, 2.45) is 0 Å². The van der Waals surface area contributed by atoms with E-state index in [1.807, 2.05) is 0 Å². The third-order valence-electron chi connectivity index (χ3n) is 2.12. The Morgan fingerprint density at radius 2 is 2.14 bits per heavy atom. The van der Waals surface area contributed by atoms with Gasteiger partial charge in [-0.15, -0.1) is 0 Å². The van der Waals surface area contributed by atoms with Gasteiger partial charge in [-0.25, -0.2) is 18.6 Å². The van der Waals surface area contributed by atoms with Crippen LogP contribution in [0.2, 0.25) is 0 Å². The van der Waals surface area contributed by atoms with Gasteiger partial charge in [0.1, 0.15) is 18.0 Å². The molecule has 21 heavy (non-hydrogen) atoms. The number of halogens is 2.